The van der Waals surface area contributed by atoms with Crippen LogP contribution in [0.3, 0.4) is 0 Å². The number of nitrogens with zero attached hydrogens (tertiary/aromatic N) is 2. The lowest BCUT2D eigenvalue weighted by molar-refractivity contribution is 0.111. The molecule has 1 saturated heterocycles. The summed E-state index contributed by atoms with van der Waals surface area (Å²) in [6, 6.07) is 9.68. The van der Waals surface area contributed by atoms with E-state index in [9.17, 15) is 4.79 Å². The Hall–Kier alpha value is -1.63. The van der Waals surface area contributed by atoms with Gasteiger partial charge in [-0.3, -0.25) is 4.90 Å². The summed E-state index contributed by atoms with van der Waals surface area (Å²) >= 11 is 0. The Balaban J connectivity index is 1.46. The molecule has 0 atom stereocenters. The van der Waals surface area contributed by atoms with Crippen LogP contribution < -0.4 is 5.32 Å². The lowest BCUT2D eigenvalue weighted by Crippen LogP contribution is -2.47. The van der Waals surface area contributed by atoms with Gasteiger partial charge in [0.1, 0.15) is 6.61 Å². The van der Waals surface area contributed by atoms with Gasteiger partial charge in [0.05, 0.1) is 6.61 Å². The third-order valence-corrected chi connectivity index (χ3v) is 4.26. The molecule has 0 radical (unpaired) electrons. The number of β-amino-alcohol motifs (C(OH)–C–C–N with tert-alkyl or cyclic N) is 1. The molecule has 0 bridgehead atoms. The van der Waals surface area contributed by atoms with Gasteiger partial charge < -0.3 is 20.1 Å². The number of amides is 1. The van der Waals surface area contributed by atoms with E-state index in [2.05, 4.69) is 15.1 Å². The van der Waals surface area contributed by atoms with Crippen molar-refractivity contribution in [1.29, 1.82) is 0 Å². The number of hydrogen-bond donors (Lipinski definition) is 2. The maximum Gasteiger partial charge on any atom is 0.407 e. The number of nitrogens with one attached hydrogen (secondary N) is 1. The number of carbonyl (C=O) groups excluding carboxylic acids is 1. The molecule has 0 spiro atoms. The minimum absolute atomic E-state index is 0.242. The fraction of sp³-hybridized carbons (Fsp3) is 0.611. The number of unbranched alkanes of at least 4 members (excludes halogenated alkanes) is 1. The Kier molecular flexibility index (Phi) is 8.59. The Morgan fingerprint density at radius 1 is 1.04 bits per heavy atom. The van der Waals surface area contributed by atoms with Crippen molar-refractivity contribution in [2.45, 2.75) is 19.4 Å². The van der Waals surface area contributed by atoms with Gasteiger partial charge in [0.2, 0.25) is 0 Å². The van der Waals surface area contributed by atoms with Crippen molar-refractivity contribution in [3.05, 3.63) is 35.9 Å². The predicted molar refractivity (Wildman–Crippen MR) is 93.8 cm³/mol. The molecular formula is C18H29N3O3. The number of alkyl carbamates (subject to hydrolysis) is 1. The summed E-state index contributed by atoms with van der Waals surface area (Å²) in [6.07, 6.45) is 1.67. The second kappa shape index (κ2) is 11.0. The SMILES string of the molecule is O=C(NCCCCN1CCN(CCO)CC1)OCc1ccccc1. The number of hydrogen-bond acceptors (Lipinski definition) is 5. The Bertz CT molecular complexity index is 462. The molecule has 2 rings (SSSR count). The van der Waals surface area contributed by atoms with Crippen LogP contribution in [-0.2, 0) is 11.3 Å². The molecule has 1 fully saturated rings. The normalized spacial score (nSPS) is 16.0. The molecule has 1 aromatic rings. The first kappa shape index (κ1) is 18.7. The van der Waals surface area contributed by atoms with E-state index in [0.29, 0.717) is 13.2 Å². The number of piperazine rings is 1. The lowest BCUT2D eigenvalue weighted by Gasteiger charge is -2.34. The fourth-order valence-corrected chi connectivity index (χ4v) is 2.80. The third-order valence-electron chi connectivity index (χ3n) is 4.26. The number of carbonyl (C=O) groups is 1. The van der Waals surface area contributed by atoms with Gasteiger partial charge in [-0.1, -0.05) is 30.3 Å². The van der Waals surface area contributed by atoms with Gasteiger partial charge in [-0.2, -0.15) is 0 Å². The van der Waals surface area contributed by atoms with Crippen molar-refractivity contribution in [3.63, 3.8) is 0 Å². The number of benzene rings is 1. The number of aliphatic hydroxyl groups is 1. The largest absolute Gasteiger partial charge is 0.445 e. The van der Waals surface area contributed by atoms with Gasteiger partial charge in [-0.25, -0.2) is 4.79 Å². The standard InChI is InChI=1S/C18H29N3O3/c22-15-14-21-12-10-20(11-13-21)9-5-4-8-19-18(23)24-16-17-6-2-1-3-7-17/h1-3,6-7,22H,4-5,8-16H2,(H,19,23). The summed E-state index contributed by atoms with van der Waals surface area (Å²) in [5.74, 6) is 0. The van der Waals surface area contributed by atoms with Crippen molar-refractivity contribution in [2.75, 3.05) is 52.4 Å². The van der Waals surface area contributed by atoms with E-state index in [4.69, 9.17) is 9.84 Å². The number of aliphatic hydroxyl groups excluding tert-OH is 1. The van der Waals surface area contributed by atoms with Gasteiger partial charge >= 0.3 is 6.09 Å². The first-order valence-corrected chi connectivity index (χ1v) is 8.78. The number of rotatable bonds is 9. The predicted octanol–water partition coefficient (Wildman–Crippen LogP) is 1.30. The zero-order chi connectivity index (χ0) is 17.0. The second-order valence-electron chi connectivity index (χ2n) is 6.10. The first-order chi connectivity index (χ1) is 11.8. The quantitative estimate of drug-likeness (QED) is 0.666. The van der Waals surface area contributed by atoms with Crippen LogP contribution in [0.2, 0.25) is 0 Å². The Morgan fingerprint density at radius 3 is 2.38 bits per heavy atom. The molecule has 6 nitrogen and oxygen atoms in total. The molecule has 0 saturated carbocycles. The molecule has 1 aliphatic heterocycles. The molecule has 6 heteroatoms. The van der Waals surface area contributed by atoms with Crippen molar-refractivity contribution in [1.82, 2.24) is 15.1 Å². The summed E-state index contributed by atoms with van der Waals surface area (Å²) in [4.78, 5) is 16.3. The van der Waals surface area contributed by atoms with Crippen LogP contribution in [0.4, 0.5) is 4.79 Å². The molecule has 0 aliphatic carbocycles. The highest BCUT2D eigenvalue weighted by Crippen LogP contribution is 2.03. The van der Waals surface area contributed by atoms with Crippen LogP contribution in [0.15, 0.2) is 30.3 Å². The Morgan fingerprint density at radius 2 is 1.71 bits per heavy atom. The molecular weight excluding hydrogens is 306 g/mol. The zero-order valence-electron chi connectivity index (χ0n) is 14.3. The van der Waals surface area contributed by atoms with E-state index in [1.807, 2.05) is 30.3 Å². The van der Waals surface area contributed by atoms with E-state index < -0.39 is 0 Å². The van der Waals surface area contributed by atoms with E-state index >= 15 is 0 Å². The van der Waals surface area contributed by atoms with Crippen LogP contribution in [-0.4, -0.2) is 73.4 Å². The first-order valence-electron chi connectivity index (χ1n) is 8.78. The summed E-state index contributed by atoms with van der Waals surface area (Å²) in [5, 5.41) is 11.7. The average molecular weight is 335 g/mol. The average Bonchev–Trinajstić information content (AvgIpc) is 2.62. The van der Waals surface area contributed by atoms with Crippen molar-refractivity contribution in [3.8, 4) is 0 Å². The van der Waals surface area contributed by atoms with Crippen molar-refractivity contribution < 1.29 is 14.6 Å². The van der Waals surface area contributed by atoms with Gasteiger partial charge in [-0.05, 0) is 24.9 Å². The van der Waals surface area contributed by atoms with Gasteiger partial charge in [0.15, 0.2) is 0 Å². The summed E-state index contributed by atoms with van der Waals surface area (Å²) in [5.41, 5.74) is 0.994. The highest BCUT2D eigenvalue weighted by Gasteiger charge is 2.15. The molecule has 1 aromatic carbocycles. The van der Waals surface area contributed by atoms with Crippen LogP contribution in [0.25, 0.3) is 0 Å². The van der Waals surface area contributed by atoms with Crippen molar-refractivity contribution >= 4 is 6.09 Å². The van der Waals surface area contributed by atoms with Gasteiger partial charge in [0.25, 0.3) is 0 Å². The molecule has 1 heterocycles. The van der Waals surface area contributed by atoms with E-state index in [1.54, 1.807) is 0 Å². The minimum atomic E-state index is -0.350. The van der Waals surface area contributed by atoms with Crippen LogP contribution in [0, 0.1) is 0 Å². The molecule has 1 amide bonds. The summed E-state index contributed by atoms with van der Waals surface area (Å²) < 4.78 is 5.17. The van der Waals surface area contributed by atoms with E-state index in [1.165, 1.54) is 0 Å². The molecule has 24 heavy (non-hydrogen) atoms. The third kappa shape index (κ3) is 7.29. The molecule has 2 N–H and O–H groups in total. The van der Waals surface area contributed by atoms with Gasteiger partial charge in [0, 0.05) is 39.3 Å². The topological polar surface area (TPSA) is 65.0 Å². The van der Waals surface area contributed by atoms with E-state index in [0.717, 1.165) is 57.7 Å². The van der Waals surface area contributed by atoms with Crippen LogP contribution in [0.5, 0.6) is 0 Å². The fourth-order valence-electron chi connectivity index (χ4n) is 2.80. The smallest absolute Gasteiger partial charge is 0.407 e. The Labute approximate surface area is 144 Å². The van der Waals surface area contributed by atoms with Crippen LogP contribution in [0.1, 0.15) is 18.4 Å². The van der Waals surface area contributed by atoms with E-state index in [-0.39, 0.29) is 12.7 Å². The van der Waals surface area contributed by atoms with Crippen molar-refractivity contribution in [2.24, 2.45) is 0 Å². The lowest BCUT2D eigenvalue weighted by atomic mass is 10.2. The highest BCUT2D eigenvalue weighted by atomic mass is 16.5. The summed E-state index contributed by atoms with van der Waals surface area (Å²) in [7, 11) is 0. The molecule has 1 aliphatic rings. The molecule has 0 aromatic heterocycles. The maximum absolute atomic E-state index is 11.6. The molecule has 0 unspecified atom stereocenters. The zero-order valence-corrected chi connectivity index (χ0v) is 14.3. The van der Waals surface area contributed by atoms with Crippen LogP contribution >= 0.6 is 0 Å². The maximum atomic E-state index is 11.6. The number of ether oxygens (including phenoxy) is 1. The highest BCUT2D eigenvalue weighted by molar-refractivity contribution is 5.67. The van der Waals surface area contributed by atoms with Gasteiger partial charge in [-0.15, -0.1) is 0 Å². The molecule has 134 valence electrons. The minimum Gasteiger partial charge on any atom is -0.445 e. The monoisotopic (exact) mass is 335 g/mol. The second-order valence-corrected chi connectivity index (χ2v) is 6.10. The summed E-state index contributed by atoms with van der Waals surface area (Å²) in [6.45, 7) is 7.24.